The molecule has 1 atom stereocenters. The molecule has 0 aliphatic carbocycles. The fourth-order valence-corrected chi connectivity index (χ4v) is 3.80. The van der Waals surface area contributed by atoms with E-state index in [1.807, 2.05) is 0 Å². The van der Waals surface area contributed by atoms with Gasteiger partial charge in [0, 0.05) is 20.6 Å². The minimum Gasteiger partial charge on any atom is -0.445 e. The van der Waals surface area contributed by atoms with Crippen molar-refractivity contribution in [2.45, 2.75) is 48.7 Å². The van der Waals surface area contributed by atoms with Crippen LogP contribution in [0.3, 0.4) is 0 Å². The van der Waals surface area contributed by atoms with Crippen molar-refractivity contribution in [3.8, 4) is 0 Å². The lowest BCUT2D eigenvalue weighted by molar-refractivity contribution is -0.146. The zero-order valence-corrected chi connectivity index (χ0v) is 14.9. The summed E-state index contributed by atoms with van der Waals surface area (Å²) >= 11 is 17.1. The second kappa shape index (κ2) is 9.50. The average molecular weight is 370 g/mol. The molecule has 0 saturated carbocycles. The van der Waals surface area contributed by atoms with Crippen LogP contribution in [0.15, 0.2) is 0 Å². The van der Waals surface area contributed by atoms with Crippen molar-refractivity contribution in [3.05, 3.63) is 0 Å². The van der Waals surface area contributed by atoms with E-state index < -0.39 is 23.2 Å². The van der Waals surface area contributed by atoms with E-state index >= 15 is 0 Å². The lowest BCUT2D eigenvalue weighted by Gasteiger charge is -2.28. The molecule has 0 rings (SSSR count). The Hall–Kier alpha value is 0.490. The number of hydrogen-bond acceptors (Lipinski definition) is 5. The van der Waals surface area contributed by atoms with Gasteiger partial charge in [0.2, 0.25) is 9.64 Å². The minimum atomic E-state index is -3.85. The molecule has 0 aliphatic rings. The monoisotopic (exact) mass is 368 g/mol. The molecule has 0 radical (unpaired) electrons. The van der Waals surface area contributed by atoms with E-state index in [4.69, 9.17) is 48.6 Å². The molecule has 0 aromatic carbocycles. The number of carbonyl (C=O) groups is 1. The van der Waals surface area contributed by atoms with Crippen LogP contribution in [-0.4, -0.2) is 29.8 Å². The van der Waals surface area contributed by atoms with Crippen LogP contribution in [-0.2, 0) is 23.1 Å². The molecule has 0 fully saturated rings. The average Bonchev–Trinajstić information content (AvgIpc) is 2.39. The number of rotatable bonds is 9. The fraction of sp³-hybridized carbons (Fsp3) is 0.909. The van der Waals surface area contributed by atoms with Crippen LogP contribution in [0.4, 0.5) is 0 Å². The van der Waals surface area contributed by atoms with Gasteiger partial charge in [0.05, 0.1) is 0 Å². The molecule has 5 nitrogen and oxygen atoms in total. The highest BCUT2D eigenvalue weighted by atomic mass is 35.6. The number of halogens is 3. The predicted octanol–water partition coefficient (Wildman–Crippen LogP) is 4.68. The Kier molecular flexibility index (Phi) is 9.73. The first kappa shape index (κ1) is 20.5. The van der Waals surface area contributed by atoms with Crippen molar-refractivity contribution in [1.29, 1.82) is 0 Å². The standard InChI is InChI=1S/C11H20Cl3O5P/c1-4-5-6-7-8-9(15)19-10(11(12,13)14)20(16,17-2)18-3/h10H,4-8H2,1-3H3. The second-order valence-electron chi connectivity index (χ2n) is 4.10. The van der Waals surface area contributed by atoms with E-state index in [1.54, 1.807) is 0 Å². The van der Waals surface area contributed by atoms with Crippen LogP contribution in [0.2, 0.25) is 0 Å². The second-order valence-corrected chi connectivity index (χ2v) is 8.75. The predicted molar refractivity (Wildman–Crippen MR) is 80.6 cm³/mol. The maximum absolute atomic E-state index is 12.2. The number of hydrogen-bond donors (Lipinski definition) is 0. The van der Waals surface area contributed by atoms with Crippen molar-refractivity contribution < 1.29 is 23.1 Å². The van der Waals surface area contributed by atoms with E-state index in [1.165, 1.54) is 0 Å². The maximum Gasteiger partial charge on any atom is 0.374 e. The van der Waals surface area contributed by atoms with Crippen LogP contribution in [0, 0.1) is 0 Å². The summed E-state index contributed by atoms with van der Waals surface area (Å²) in [7, 11) is -1.59. The Morgan fingerprint density at radius 1 is 1.15 bits per heavy atom. The van der Waals surface area contributed by atoms with E-state index in [0.717, 1.165) is 33.5 Å². The molecule has 0 aromatic heterocycles. The molecule has 120 valence electrons. The van der Waals surface area contributed by atoms with Gasteiger partial charge in [0.25, 0.3) is 0 Å². The number of carbonyl (C=O) groups excluding carboxylic acids is 1. The molecular weight excluding hydrogens is 349 g/mol. The normalized spacial score (nSPS) is 14.1. The maximum atomic E-state index is 12.2. The third-order valence-corrected chi connectivity index (χ3v) is 5.69. The van der Waals surface area contributed by atoms with Crippen LogP contribution < -0.4 is 0 Å². The molecule has 0 spiro atoms. The van der Waals surface area contributed by atoms with Crippen LogP contribution in [0.1, 0.15) is 39.0 Å². The Morgan fingerprint density at radius 2 is 1.70 bits per heavy atom. The lowest BCUT2D eigenvalue weighted by atomic mass is 10.2. The topological polar surface area (TPSA) is 61.8 Å². The molecule has 0 saturated heterocycles. The van der Waals surface area contributed by atoms with E-state index in [0.29, 0.717) is 6.42 Å². The van der Waals surface area contributed by atoms with Gasteiger partial charge in [0.1, 0.15) is 0 Å². The van der Waals surface area contributed by atoms with Crippen molar-refractivity contribution in [2.24, 2.45) is 0 Å². The van der Waals surface area contributed by atoms with Gasteiger partial charge in [-0.25, -0.2) is 0 Å². The van der Waals surface area contributed by atoms with Crippen LogP contribution in [0.25, 0.3) is 0 Å². The number of alkyl halides is 3. The van der Waals surface area contributed by atoms with E-state index in [2.05, 4.69) is 6.92 Å². The van der Waals surface area contributed by atoms with Crippen molar-refractivity contribution >= 4 is 48.4 Å². The van der Waals surface area contributed by atoms with Gasteiger partial charge in [-0.3, -0.25) is 9.36 Å². The van der Waals surface area contributed by atoms with Gasteiger partial charge >= 0.3 is 13.6 Å². The van der Waals surface area contributed by atoms with Gasteiger partial charge in [-0.1, -0.05) is 61.0 Å². The smallest absolute Gasteiger partial charge is 0.374 e. The third kappa shape index (κ3) is 6.97. The first-order chi connectivity index (χ1) is 9.21. The quantitative estimate of drug-likeness (QED) is 0.255. The molecule has 0 heterocycles. The van der Waals surface area contributed by atoms with Crippen LogP contribution >= 0.6 is 42.4 Å². The highest BCUT2D eigenvalue weighted by molar-refractivity contribution is 7.55. The zero-order valence-electron chi connectivity index (χ0n) is 11.7. The number of esters is 1. The highest BCUT2D eigenvalue weighted by Gasteiger charge is 2.51. The summed E-state index contributed by atoms with van der Waals surface area (Å²) in [5.41, 5.74) is 0. The summed E-state index contributed by atoms with van der Waals surface area (Å²) in [6.07, 6.45) is 3.79. The lowest BCUT2D eigenvalue weighted by Crippen LogP contribution is -2.32. The summed E-state index contributed by atoms with van der Waals surface area (Å²) in [5, 5.41) is 0. The van der Waals surface area contributed by atoms with Crippen LogP contribution in [0.5, 0.6) is 0 Å². The molecule has 0 aliphatic heterocycles. The van der Waals surface area contributed by atoms with Crippen molar-refractivity contribution in [1.82, 2.24) is 0 Å². The van der Waals surface area contributed by atoms with Gasteiger partial charge in [-0.2, -0.15) is 0 Å². The Labute approximate surface area is 134 Å². The molecule has 9 heteroatoms. The third-order valence-electron chi connectivity index (χ3n) is 2.55. The summed E-state index contributed by atoms with van der Waals surface area (Å²) < 4.78 is 24.6. The Bertz CT molecular complexity index is 337. The molecule has 0 N–H and O–H groups in total. The summed E-state index contributed by atoms with van der Waals surface area (Å²) in [6.45, 7) is 2.06. The molecule has 20 heavy (non-hydrogen) atoms. The molecule has 1 unspecified atom stereocenters. The van der Waals surface area contributed by atoms with E-state index in [-0.39, 0.29) is 6.42 Å². The van der Waals surface area contributed by atoms with Gasteiger partial charge in [-0.05, 0) is 6.42 Å². The van der Waals surface area contributed by atoms with Gasteiger partial charge in [-0.15, -0.1) is 0 Å². The first-order valence-corrected chi connectivity index (χ1v) is 8.93. The number of ether oxygens (including phenoxy) is 1. The fourth-order valence-electron chi connectivity index (χ4n) is 1.46. The Balaban J connectivity index is 4.68. The Morgan fingerprint density at radius 3 is 2.10 bits per heavy atom. The highest BCUT2D eigenvalue weighted by Crippen LogP contribution is 2.59. The van der Waals surface area contributed by atoms with Crippen molar-refractivity contribution in [3.63, 3.8) is 0 Å². The SMILES string of the molecule is CCCCCCC(=O)OC(C(Cl)(Cl)Cl)P(=O)(OC)OC. The molecule has 0 amide bonds. The largest absolute Gasteiger partial charge is 0.445 e. The zero-order chi connectivity index (χ0) is 15.8. The first-order valence-electron chi connectivity index (χ1n) is 6.18. The molecular formula is C11H20Cl3O5P. The van der Waals surface area contributed by atoms with Gasteiger partial charge in [0.15, 0.2) is 0 Å². The summed E-state index contributed by atoms with van der Waals surface area (Å²) in [6, 6.07) is 0. The minimum absolute atomic E-state index is 0.157. The summed E-state index contributed by atoms with van der Waals surface area (Å²) in [4.78, 5) is 11.7. The molecule has 0 bridgehead atoms. The molecule has 0 aromatic rings. The number of unbranched alkanes of at least 4 members (excludes halogenated alkanes) is 3. The summed E-state index contributed by atoms with van der Waals surface area (Å²) in [5.74, 6) is -2.21. The van der Waals surface area contributed by atoms with Gasteiger partial charge < -0.3 is 13.8 Å². The van der Waals surface area contributed by atoms with E-state index in [9.17, 15) is 9.36 Å². The van der Waals surface area contributed by atoms with Crippen molar-refractivity contribution in [2.75, 3.05) is 14.2 Å².